The number of ether oxygens (including phenoxy) is 2. The van der Waals surface area contributed by atoms with Crippen molar-refractivity contribution in [1.29, 1.82) is 0 Å². The maximum atomic E-state index is 12.9. The number of carbonyl (C=O) groups excluding carboxylic acids is 2. The molecule has 0 radical (unpaired) electrons. The highest BCUT2D eigenvalue weighted by Gasteiger charge is 2.40. The van der Waals surface area contributed by atoms with E-state index in [9.17, 15) is 9.59 Å². The number of halogens is 1. The molecule has 1 N–H and O–H groups in total. The number of hydrogen-bond donors (Lipinski definition) is 1. The van der Waals surface area contributed by atoms with Gasteiger partial charge < -0.3 is 14.8 Å². The Hall–Kier alpha value is -2.71. The zero-order valence-electron chi connectivity index (χ0n) is 16.3. The van der Waals surface area contributed by atoms with Crippen LogP contribution in [-0.2, 0) is 9.59 Å². The van der Waals surface area contributed by atoms with Crippen molar-refractivity contribution in [3.63, 3.8) is 0 Å². The van der Waals surface area contributed by atoms with Gasteiger partial charge in [0, 0.05) is 41.3 Å². The lowest BCUT2D eigenvalue weighted by Gasteiger charge is -2.37. The number of nitrogens with one attached hydrogen (secondary N) is 1. The first-order valence-corrected chi connectivity index (χ1v) is 10.2. The molecule has 1 aromatic carbocycles. The quantitative estimate of drug-likeness (QED) is 0.757. The van der Waals surface area contributed by atoms with Gasteiger partial charge in [0.2, 0.25) is 0 Å². The van der Waals surface area contributed by atoms with Gasteiger partial charge in [0.1, 0.15) is 6.61 Å². The Bertz CT molecular complexity index is 957. The summed E-state index contributed by atoms with van der Waals surface area (Å²) in [5, 5.41) is 3.74. The minimum atomic E-state index is -0.435. The first-order chi connectivity index (χ1) is 14.0. The average molecular weight is 412 g/mol. The van der Waals surface area contributed by atoms with Crippen molar-refractivity contribution in [2.45, 2.75) is 44.4 Å². The largest absolute Gasteiger partial charge is 0.493 e. The van der Waals surface area contributed by atoms with Crippen molar-refractivity contribution in [2.75, 3.05) is 13.7 Å². The van der Waals surface area contributed by atoms with Gasteiger partial charge in [-0.2, -0.15) is 0 Å². The molecule has 0 saturated heterocycles. The van der Waals surface area contributed by atoms with E-state index in [0.29, 0.717) is 40.5 Å². The number of benzene rings is 1. The van der Waals surface area contributed by atoms with E-state index in [1.807, 2.05) is 0 Å². The lowest BCUT2D eigenvalue weighted by Crippen LogP contribution is -2.36. The average Bonchev–Trinajstić information content (AvgIpc) is 2.71. The number of hydrogen-bond acceptors (Lipinski definition) is 5. The molecule has 0 unspecified atom stereocenters. The number of Topliss-reactive ketones (excluding diaryl/α,β-unsaturated/α-hetero) is 2. The van der Waals surface area contributed by atoms with E-state index in [4.69, 9.17) is 27.5 Å². The SMILES string of the molecule is C#CCOc1c(Cl)cc(C2C3=C(CCCC3=O)NC3=C2C(=O)CCC3)cc1OC. The predicted molar refractivity (Wildman–Crippen MR) is 110 cm³/mol. The van der Waals surface area contributed by atoms with E-state index in [2.05, 4.69) is 11.2 Å². The molecule has 0 atom stereocenters. The Balaban J connectivity index is 1.88. The lowest BCUT2D eigenvalue weighted by molar-refractivity contribution is -0.116. The van der Waals surface area contributed by atoms with Crippen molar-refractivity contribution in [3.8, 4) is 23.8 Å². The van der Waals surface area contributed by atoms with Gasteiger partial charge in [0.05, 0.1) is 12.1 Å². The molecule has 0 spiro atoms. The van der Waals surface area contributed by atoms with Gasteiger partial charge in [-0.3, -0.25) is 9.59 Å². The predicted octanol–water partition coefficient (Wildman–Crippen LogP) is 4.06. The fourth-order valence-corrected chi connectivity index (χ4v) is 4.75. The van der Waals surface area contributed by atoms with Gasteiger partial charge in [-0.15, -0.1) is 6.42 Å². The molecular formula is C23H22ClNO4. The molecule has 1 aromatic rings. The fraction of sp³-hybridized carbons (Fsp3) is 0.391. The standard InChI is InChI=1S/C23H22ClNO4/c1-3-10-29-23-14(24)11-13(12-19(23)28-2)20-21-15(6-4-8-17(21)26)25-16-7-5-9-18(27)22(16)20/h1,11-12,20,25H,4-10H2,2H3. The molecule has 0 bridgehead atoms. The molecule has 6 heteroatoms. The van der Waals surface area contributed by atoms with Crippen LogP contribution in [0.3, 0.4) is 0 Å². The third-order valence-corrected chi connectivity index (χ3v) is 5.96. The zero-order valence-corrected chi connectivity index (χ0v) is 17.0. The Labute approximate surface area is 175 Å². The maximum Gasteiger partial charge on any atom is 0.181 e. The number of terminal acetylenes is 1. The third-order valence-electron chi connectivity index (χ3n) is 5.68. The summed E-state index contributed by atoms with van der Waals surface area (Å²) < 4.78 is 11.0. The van der Waals surface area contributed by atoms with E-state index in [1.54, 1.807) is 12.1 Å². The summed E-state index contributed by atoms with van der Waals surface area (Å²) >= 11 is 6.50. The first-order valence-electron chi connectivity index (χ1n) is 9.78. The number of rotatable bonds is 4. The molecule has 150 valence electrons. The highest BCUT2D eigenvalue weighted by Crippen LogP contribution is 2.48. The van der Waals surface area contributed by atoms with Crippen LogP contribution in [0.5, 0.6) is 11.5 Å². The van der Waals surface area contributed by atoms with Crippen LogP contribution in [0.15, 0.2) is 34.7 Å². The van der Waals surface area contributed by atoms with Crippen LogP contribution in [0.2, 0.25) is 5.02 Å². The number of carbonyl (C=O) groups is 2. The number of dihydropyridines is 1. The van der Waals surface area contributed by atoms with Crippen molar-refractivity contribution >= 4 is 23.2 Å². The van der Waals surface area contributed by atoms with Gasteiger partial charge in [-0.05, 0) is 43.4 Å². The minimum Gasteiger partial charge on any atom is -0.493 e. The second-order valence-electron chi connectivity index (χ2n) is 7.42. The summed E-state index contributed by atoms with van der Waals surface area (Å²) in [6.45, 7) is 0.0599. The second-order valence-corrected chi connectivity index (χ2v) is 7.83. The molecule has 0 fully saturated rings. The molecule has 0 saturated carbocycles. The maximum absolute atomic E-state index is 12.9. The molecule has 4 rings (SSSR count). The summed E-state index contributed by atoms with van der Waals surface area (Å²) in [4.78, 5) is 25.8. The molecule has 29 heavy (non-hydrogen) atoms. The van der Waals surface area contributed by atoms with Crippen LogP contribution in [0.25, 0.3) is 0 Å². The van der Waals surface area contributed by atoms with Crippen molar-refractivity contribution < 1.29 is 19.1 Å². The van der Waals surface area contributed by atoms with Crippen LogP contribution in [0.4, 0.5) is 0 Å². The molecule has 2 aliphatic carbocycles. The smallest absolute Gasteiger partial charge is 0.181 e. The fourth-order valence-electron chi connectivity index (χ4n) is 4.48. The lowest BCUT2D eigenvalue weighted by atomic mass is 9.71. The highest BCUT2D eigenvalue weighted by atomic mass is 35.5. The summed E-state index contributed by atoms with van der Waals surface area (Å²) in [6, 6.07) is 3.55. The van der Waals surface area contributed by atoms with Crippen molar-refractivity contribution in [1.82, 2.24) is 5.32 Å². The van der Waals surface area contributed by atoms with Crippen LogP contribution in [-0.4, -0.2) is 25.3 Å². The van der Waals surface area contributed by atoms with E-state index >= 15 is 0 Å². The number of methoxy groups -OCH3 is 1. The summed E-state index contributed by atoms with van der Waals surface area (Å²) in [7, 11) is 1.52. The number of allylic oxidation sites excluding steroid dienone is 4. The minimum absolute atomic E-state index is 0.0599. The zero-order chi connectivity index (χ0) is 20.5. The van der Waals surface area contributed by atoms with Gasteiger partial charge >= 0.3 is 0 Å². The molecule has 0 amide bonds. The van der Waals surface area contributed by atoms with Crippen LogP contribution >= 0.6 is 11.6 Å². The highest BCUT2D eigenvalue weighted by molar-refractivity contribution is 6.32. The number of ketones is 2. The van der Waals surface area contributed by atoms with E-state index in [1.165, 1.54) is 7.11 Å². The normalized spacial score (nSPS) is 19.3. The van der Waals surface area contributed by atoms with Crippen LogP contribution in [0, 0.1) is 12.3 Å². The van der Waals surface area contributed by atoms with Gasteiger partial charge in [-0.25, -0.2) is 0 Å². The Morgan fingerprint density at radius 2 is 1.72 bits per heavy atom. The van der Waals surface area contributed by atoms with Gasteiger partial charge in [-0.1, -0.05) is 17.5 Å². The molecule has 1 aliphatic heterocycles. The molecule has 3 aliphatic rings. The summed E-state index contributed by atoms with van der Waals surface area (Å²) in [5.41, 5.74) is 3.98. The summed E-state index contributed by atoms with van der Waals surface area (Å²) in [6.07, 6.45) is 9.50. The molecule has 1 heterocycles. The van der Waals surface area contributed by atoms with Gasteiger partial charge in [0.15, 0.2) is 23.1 Å². The van der Waals surface area contributed by atoms with Crippen LogP contribution < -0.4 is 14.8 Å². The Morgan fingerprint density at radius 1 is 1.10 bits per heavy atom. The van der Waals surface area contributed by atoms with Crippen LogP contribution in [0.1, 0.15) is 50.0 Å². The van der Waals surface area contributed by atoms with Crippen molar-refractivity contribution in [3.05, 3.63) is 45.3 Å². The molecule has 0 aromatic heterocycles. The van der Waals surface area contributed by atoms with Crippen molar-refractivity contribution in [2.24, 2.45) is 0 Å². The second kappa shape index (κ2) is 7.96. The Morgan fingerprint density at radius 3 is 2.28 bits per heavy atom. The topological polar surface area (TPSA) is 64.6 Å². The Kier molecular flexibility index (Phi) is 5.38. The molecule has 5 nitrogen and oxygen atoms in total. The molecular weight excluding hydrogens is 390 g/mol. The van der Waals surface area contributed by atoms with E-state index < -0.39 is 5.92 Å². The first kappa shape index (κ1) is 19.6. The monoisotopic (exact) mass is 411 g/mol. The van der Waals surface area contributed by atoms with E-state index in [0.717, 1.165) is 42.6 Å². The summed E-state index contributed by atoms with van der Waals surface area (Å²) in [5.74, 6) is 2.92. The third kappa shape index (κ3) is 3.42. The van der Waals surface area contributed by atoms with Gasteiger partial charge in [0.25, 0.3) is 0 Å². The van der Waals surface area contributed by atoms with E-state index in [-0.39, 0.29) is 18.2 Å².